The third kappa shape index (κ3) is 4.34. The third-order valence-corrected chi connectivity index (χ3v) is 5.90. The van der Waals surface area contributed by atoms with Gasteiger partial charge in [-0.1, -0.05) is 0 Å². The highest BCUT2D eigenvalue weighted by Gasteiger charge is 2.30. The molecule has 0 bridgehead atoms. The van der Waals surface area contributed by atoms with Gasteiger partial charge in [-0.25, -0.2) is 4.79 Å². The summed E-state index contributed by atoms with van der Waals surface area (Å²) in [5.74, 6) is 0.225. The molecule has 1 atom stereocenters. The average Bonchev–Trinajstić information content (AvgIpc) is 3.46. The highest BCUT2D eigenvalue weighted by molar-refractivity contribution is 7.16. The number of carbonyl (C=O) groups is 2. The quantitative estimate of drug-likeness (QED) is 0.769. The molecule has 2 aromatic rings. The van der Waals surface area contributed by atoms with E-state index in [0.29, 0.717) is 48.7 Å². The molecule has 4 rings (SSSR count). The van der Waals surface area contributed by atoms with Crippen LogP contribution in [0, 0.1) is 11.3 Å². The van der Waals surface area contributed by atoms with Crippen LogP contribution < -0.4 is 5.32 Å². The zero-order chi connectivity index (χ0) is 20.2. The monoisotopic (exact) mass is 413 g/mol. The van der Waals surface area contributed by atoms with E-state index >= 15 is 0 Å². The van der Waals surface area contributed by atoms with Gasteiger partial charge < -0.3 is 14.5 Å². The van der Waals surface area contributed by atoms with Gasteiger partial charge in [0.1, 0.15) is 22.9 Å². The Labute approximate surface area is 171 Å². The molecule has 2 aromatic heterocycles. The van der Waals surface area contributed by atoms with E-state index in [1.165, 1.54) is 28.7 Å². The number of ether oxygens (including phenoxy) is 1. The minimum Gasteiger partial charge on any atom is -0.465 e. The zero-order valence-electron chi connectivity index (χ0n) is 15.6. The molecular formula is C20H19N3O5S. The first kappa shape index (κ1) is 19.2. The van der Waals surface area contributed by atoms with E-state index in [-0.39, 0.29) is 12.0 Å². The lowest BCUT2D eigenvalue weighted by molar-refractivity contribution is -0.111. The Morgan fingerprint density at radius 1 is 1.45 bits per heavy atom. The number of amides is 2. The van der Waals surface area contributed by atoms with Gasteiger partial charge in [0.15, 0.2) is 0 Å². The molecule has 150 valence electrons. The first-order valence-electron chi connectivity index (χ1n) is 9.32. The minimum absolute atomic E-state index is 0.271. The van der Waals surface area contributed by atoms with E-state index in [9.17, 15) is 14.9 Å². The standard InChI is InChI=1S/C20H19N3O5S/c21-12-16-15-6-4-14(28-20(25)23-8-2-10-27-23)11-17(15)29-19(16)22-18(24)7-5-13-3-1-9-26-13/h1,3,5,7,9,14H,2,4,6,8,10-11H2,(H,22,24). The molecular weight excluding hydrogens is 394 g/mol. The van der Waals surface area contributed by atoms with Crippen molar-refractivity contribution in [3.8, 4) is 6.07 Å². The predicted molar refractivity (Wildman–Crippen MR) is 105 cm³/mol. The lowest BCUT2D eigenvalue weighted by atomic mass is 9.94. The van der Waals surface area contributed by atoms with E-state index < -0.39 is 6.09 Å². The second-order valence-corrected chi connectivity index (χ2v) is 7.80. The fraction of sp³-hybridized carbons (Fsp3) is 0.350. The van der Waals surface area contributed by atoms with Crippen molar-refractivity contribution in [3.05, 3.63) is 46.2 Å². The number of nitriles is 1. The molecule has 1 saturated heterocycles. The first-order valence-corrected chi connectivity index (χ1v) is 10.1. The van der Waals surface area contributed by atoms with Crippen molar-refractivity contribution in [2.45, 2.75) is 31.8 Å². The number of carbonyl (C=O) groups excluding carboxylic acids is 2. The number of fused-ring (bicyclic) bond motifs is 1. The molecule has 1 N–H and O–H groups in total. The largest absolute Gasteiger partial charge is 0.465 e. The molecule has 1 aliphatic heterocycles. The molecule has 1 aliphatic carbocycles. The lowest BCUT2D eigenvalue weighted by Crippen LogP contribution is -2.33. The Balaban J connectivity index is 1.42. The van der Waals surface area contributed by atoms with Crippen LogP contribution in [0.2, 0.25) is 0 Å². The summed E-state index contributed by atoms with van der Waals surface area (Å²) in [6, 6.07) is 5.67. The van der Waals surface area contributed by atoms with Crippen molar-refractivity contribution < 1.29 is 23.6 Å². The topological polar surface area (TPSA) is 105 Å². The smallest absolute Gasteiger partial charge is 0.434 e. The number of hydrogen-bond donors (Lipinski definition) is 1. The van der Waals surface area contributed by atoms with Crippen LogP contribution in [0.1, 0.15) is 34.6 Å². The van der Waals surface area contributed by atoms with E-state index in [4.69, 9.17) is 14.0 Å². The molecule has 9 heteroatoms. The molecule has 1 unspecified atom stereocenters. The van der Waals surface area contributed by atoms with Crippen molar-refractivity contribution in [1.29, 1.82) is 5.26 Å². The number of rotatable bonds is 4. The molecule has 8 nitrogen and oxygen atoms in total. The Bertz CT molecular complexity index is 967. The molecule has 0 spiro atoms. The Morgan fingerprint density at radius 2 is 2.34 bits per heavy atom. The van der Waals surface area contributed by atoms with Crippen molar-refractivity contribution in [2.75, 3.05) is 18.5 Å². The molecule has 0 aromatic carbocycles. The van der Waals surface area contributed by atoms with Crippen molar-refractivity contribution in [1.82, 2.24) is 5.06 Å². The second-order valence-electron chi connectivity index (χ2n) is 6.70. The van der Waals surface area contributed by atoms with Gasteiger partial charge in [0.2, 0.25) is 5.91 Å². The summed E-state index contributed by atoms with van der Waals surface area (Å²) >= 11 is 1.35. The van der Waals surface area contributed by atoms with Gasteiger partial charge in [0.05, 0.1) is 25.0 Å². The van der Waals surface area contributed by atoms with Crippen molar-refractivity contribution in [2.24, 2.45) is 0 Å². The van der Waals surface area contributed by atoms with Crippen LogP contribution in [0.25, 0.3) is 6.08 Å². The summed E-state index contributed by atoms with van der Waals surface area (Å²) in [5.41, 5.74) is 1.41. The molecule has 0 saturated carbocycles. The highest BCUT2D eigenvalue weighted by Crippen LogP contribution is 2.38. The predicted octanol–water partition coefficient (Wildman–Crippen LogP) is 3.50. The van der Waals surface area contributed by atoms with Crippen LogP contribution >= 0.6 is 11.3 Å². The summed E-state index contributed by atoms with van der Waals surface area (Å²) in [6.45, 7) is 1.06. The normalized spacial score (nSPS) is 18.4. The fourth-order valence-corrected chi connectivity index (χ4v) is 4.62. The van der Waals surface area contributed by atoms with Gasteiger partial charge in [-0.2, -0.15) is 10.3 Å². The Kier molecular flexibility index (Phi) is 5.64. The third-order valence-electron chi connectivity index (χ3n) is 4.73. The van der Waals surface area contributed by atoms with Crippen LogP contribution in [-0.4, -0.2) is 36.3 Å². The maximum Gasteiger partial charge on any atom is 0.434 e. The second kappa shape index (κ2) is 8.51. The fourth-order valence-electron chi connectivity index (χ4n) is 3.35. The van der Waals surface area contributed by atoms with Crippen molar-refractivity contribution in [3.63, 3.8) is 0 Å². The van der Waals surface area contributed by atoms with Gasteiger partial charge in [-0.05, 0) is 43.0 Å². The molecule has 29 heavy (non-hydrogen) atoms. The number of furan rings is 1. The van der Waals surface area contributed by atoms with Crippen LogP contribution in [0.4, 0.5) is 9.80 Å². The number of nitrogens with one attached hydrogen (secondary N) is 1. The summed E-state index contributed by atoms with van der Waals surface area (Å²) in [7, 11) is 0. The van der Waals surface area contributed by atoms with E-state index in [0.717, 1.165) is 16.9 Å². The Hall–Kier alpha value is -3.09. The van der Waals surface area contributed by atoms with Gasteiger partial charge in [0.25, 0.3) is 0 Å². The zero-order valence-corrected chi connectivity index (χ0v) is 16.4. The van der Waals surface area contributed by atoms with Gasteiger partial charge in [-0.15, -0.1) is 11.3 Å². The van der Waals surface area contributed by atoms with Crippen molar-refractivity contribution >= 4 is 34.4 Å². The van der Waals surface area contributed by atoms with Gasteiger partial charge in [-0.3, -0.25) is 9.63 Å². The summed E-state index contributed by atoms with van der Waals surface area (Å²) in [4.78, 5) is 30.5. The maximum absolute atomic E-state index is 12.2. The number of thiophene rings is 1. The highest BCUT2D eigenvalue weighted by atomic mass is 32.1. The average molecular weight is 413 g/mol. The summed E-state index contributed by atoms with van der Waals surface area (Å²) in [6.07, 6.45) is 6.28. The number of anilines is 1. The van der Waals surface area contributed by atoms with E-state index in [2.05, 4.69) is 11.4 Å². The summed E-state index contributed by atoms with van der Waals surface area (Å²) in [5, 5.41) is 14.1. The van der Waals surface area contributed by atoms with Crippen LogP contribution in [0.5, 0.6) is 0 Å². The number of nitrogens with zero attached hydrogens (tertiary/aromatic N) is 2. The number of hydroxylamine groups is 2. The lowest BCUT2D eigenvalue weighted by Gasteiger charge is -2.24. The van der Waals surface area contributed by atoms with Crippen LogP contribution in [-0.2, 0) is 27.2 Å². The van der Waals surface area contributed by atoms with E-state index in [1.54, 1.807) is 18.2 Å². The SMILES string of the molecule is N#Cc1c(NC(=O)C=Cc2ccco2)sc2c1CCC(OC(=O)N1CCCO1)C2. The number of hydrogen-bond acceptors (Lipinski definition) is 7. The van der Waals surface area contributed by atoms with Gasteiger partial charge >= 0.3 is 6.09 Å². The summed E-state index contributed by atoms with van der Waals surface area (Å²) < 4.78 is 10.7. The molecule has 1 fully saturated rings. The van der Waals surface area contributed by atoms with Crippen LogP contribution in [0.3, 0.4) is 0 Å². The molecule has 2 aliphatic rings. The van der Waals surface area contributed by atoms with Crippen LogP contribution in [0.15, 0.2) is 28.9 Å². The van der Waals surface area contributed by atoms with E-state index in [1.807, 2.05) is 0 Å². The minimum atomic E-state index is -0.468. The molecule has 3 heterocycles. The maximum atomic E-state index is 12.2. The molecule has 0 radical (unpaired) electrons. The molecule has 2 amide bonds. The van der Waals surface area contributed by atoms with Gasteiger partial charge in [0, 0.05) is 17.4 Å². The first-order chi connectivity index (χ1) is 14.1. The Morgan fingerprint density at radius 3 is 3.07 bits per heavy atom.